The van der Waals surface area contributed by atoms with Crippen molar-refractivity contribution in [3.8, 4) is 0 Å². The summed E-state index contributed by atoms with van der Waals surface area (Å²) in [4.78, 5) is 14.7. The number of alkyl halides is 2. The number of nitrogens with one attached hydrogen (secondary N) is 1. The molecule has 2 aliphatic rings. The number of hydrogen-bond acceptors (Lipinski definition) is 2. The zero-order valence-corrected chi connectivity index (χ0v) is 14.3. The molecule has 2 fully saturated rings. The molecule has 22 heavy (non-hydrogen) atoms. The highest BCUT2D eigenvalue weighted by atomic mass is 35.5. The van der Waals surface area contributed by atoms with Gasteiger partial charge in [-0.25, -0.2) is 0 Å². The first-order valence-corrected chi connectivity index (χ1v) is 8.61. The third-order valence-corrected chi connectivity index (χ3v) is 6.03. The van der Waals surface area contributed by atoms with Crippen molar-refractivity contribution in [3.05, 3.63) is 35.9 Å². The molecule has 3 rings (SSSR count). The Morgan fingerprint density at radius 2 is 1.86 bits per heavy atom. The van der Waals surface area contributed by atoms with Gasteiger partial charge in [0.2, 0.25) is 5.91 Å². The monoisotopic (exact) mass is 340 g/mol. The van der Waals surface area contributed by atoms with Gasteiger partial charge in [-0.15, -0.1) is 23.2 Å². The number of likely N-dealkylation sites (tertiary alicyclic amines) is 1. The zero-order chi connectivity index (χ0) is 15.8. The van der Waals surface area contributed by atoms with E-state index in [1.165, 1.54) is 5.56 Å². The molecule has 1 atom stereocenters. The van der Waals surface area contributed by atoms with Gasteiger partial charge in [0.15, 0.2) is 0 Å². The van der Waals surface area contributed by atoms with E-state index in [0.29, 0.717) is 6.42 Å². The normalized spacial score (nSPS) is 28.3. The summed E-state index contributed by atoms with van der Waals surface area (Å²) in [6.45, 7) is 4.82. The largest absolute Gasteiger partial charge is 0.353 e. The highest BCUT2D eigenvalue weighted by Gasteiger charge is 2.68. The predicted octanol–water partition coefficient (Wildman–Crippen LogP) is 3.35. The van der Waals surface area contributed by atoms with Crippen molar-refractivity contribution < 1.29 is 4.79 Å². The number of amides is 1. The Hall–Kier alpha value is -0.770. The second-order valence-corrected chi connectivity index (χ2v) is 8.21. The molecule has 1 saturated heterocycles. The molecule has 0 aromatic heterocycles. The van der Waals surface area contributed by atoms with Crippen molar-refractivity contribution in [2.75, 3.05) is 13.1 Å². The highest BCUT2D eigenvalue weighted by molar-refractivity contribution is 6.53. The van der Waals surface area contributed by atoms with Crippen LogP contribution >= 0.6 is 23.2 Å². The molecule has 0 bridgehead atoms. The van der Waals surface area contributed by atoms with Gasteiger partial charge in [0.05, 0.1) is 5.41 Å². The Kier molecular flexibility index (Phi) is 4.41. The number of carbonyl (C=O) groups is 1. The van der Waals surface area contributed by atoms with E-state index in [0.717, 1.165) is 32.5 Å². The Balaban J connectivity index is 1.45. The lowest BCUT2D eigenvalue weighted by atomic mass is 10.0. The van der Waals surface area contributed by atoms with Crippen LogP contribution in [0.2, 0.25) is 0 Å². The summed E-state index contributed by atoms with van der Waals surface area (Å²) in [5.41, 5.74) is 0.724. The van der Waals surface area contributed by atoms with Crippen LogP contribution in [0.1, 0.15) is 31.7 Å². The third-order valence-electron chi connectivity index (χ3n) is 4.93. The van der Waals surface area contributed by atoms with E-state index in [2.05, 4.69) is 34.5 Å². The molecule has 0 spiro atoms. The van der Waals surface area contributed by atoms with Gasteiger partial charge in [-0.2, -0.15) is 0 Å². The molecule has 1 heterocycles. The molecule has 1 amide bonds. The van der Waals surface area contributed by atoms with Crippen LogP contribution < -0.4 is 5.32 Å². The molecule has 1 aromatic rings. The highest BCUT2D eigenvalue weighted by Crippen LogP contribution is 2.63. The first-order valence-electron chi connectivity index (χ1n) is 7.86. The van der Waals surface area contributed by atoms with E-state index in [1.807, 2.05) is 13.0 Å². The standard InChI is InChI=1S/C17H22Cl2N2O/c1-16(12-17(16,18)19)15(22)20-14-7-9-21(10-8-14)11-13-5-3-2-4-6-13/h2-6,14H,7-12H2,1H3,(H,20,22)/t16-/m0/s1. The van der Waals surface area contributed by atoms with E-state index in [-0.39, 0.29) is 11.9 Å². The Labute approximate surface area is 142 Å². The summed E-state index contributed by atoms with van der Waals surface area (Å²) in [6, 6.07) is 10.7. The summed E-state index contributed by atoms with van der Waals surface area (Å²) < 4.78 is -0.884. The molecule has 1 aromatic carbocycles. The predicted molar refractivity (Wildman–Crippen MR) is 90.0 cm³/mol. The fourth-order valence-corrected chi connectivity index (χ4v) is 3.77. The van der Waals surface area contributed by atoms with E-state index < -0.39 is 9.75 Å². The average Bonchev–Trinajstić information content (AvgIpc) is 3.02. The van der Waals surface area contributed by atoms with Gasteiger partial charge in [-0.1, -0.05) is 30.3 Å². The summed E-state index contributed by atoms with van der Waals surface area (Å²) in [7, 11) is 0. The van der Waals surface area contributed by atoms with Crippen LogP contribution in [0.5, 0.6) is 0 Å². The molecule has 0 radical (unpaired) electrons. The summed E-state index contributed by atoms with van der Waals surface area (Å²) in [5, 5.41) is 3.13. The lowest BCUT2D eigenvalue weighted by molar-refractivity contribution is -0.126. The van der Waals surface area contributed by atoms with Crippen molar-refractivity contribution in [1.29, 1.82) is 0 Å². The minimum absolute atomic E-state index is 0.000917. The molecule has 1 N–H and O–H groups in total. The van der Waals surface area contributed by atoms with E-state index in [4.69, 9.17) is 23.2 Å². The van der Waals surface area contributed by atoms with Crippen LogP contribution in [0.25, 0.3) is 0 Å². The molecule has 5 heteroatoms. The molecule has 1 saturated carbocycles. The smallest absolute Gasteiger partial charge is 0.229 e. The van der Waals surface area contributed by atoms with Gasteiger partial charge < -0.3 is 5.32 Å². The quantitative estimate of drug-likeness (QED) is 0.852. The lowest BCUT2D eigenvalue weighted by Gasteiger charge is -2.33. The molecule has 1 aliphatic heterocycles. The fourth-order valence-electron chi connectivity index (χ4n) is 3.07. The third kappa shape index (κ3) is 3.27. The van der Waals surface area contributed by atoms with Gasteiger partial charge in [0.1, 0.15) is 4.33 Å². The zero-order valence-electron chi connectivity index (χ0n) is 12.8. The van der Waals surface area contributed by atoms with Crippen LogP contribution in [0.15, 0.2) is 30.3 Å². The minimum Gasteiger partial charge on any atom is -0.353 e. The van der Waals surface area contributed by atoms with Crippen molar-refractivity contribution >= 4 is 29.1 Å². The Morgan fingerprint density at radius 3 is 2.41 bits per heavy atom. The average molecular weight is 341 g/mol. The van der Waals surface area contributed by atoms with Crippen molar-refractivity contribution in [1.82, 2.24) is 10.2 Å². The number of halogens is 2. The first kappa shape index (κ1) is 16.1. The molecule has 0 unspecified atom stereocenters. The molecule has 120 valence electrons. The molecular weight excluding hydrogens is 319 g/mol. The van der Waals surface area contributed by atoms with Crippen LogP contribution in [0.4, 0.5) is 0 Å². The number of rotatable bonds is 4. The van der Waals surface area contributed by atoms with Gasteiger partial charge in [-0.05, 0) is 31.7 Å². The van der Waals surface area contributed by atoms with Crippen molar-refractivity contribution in [2.45, 2.75) is 43.1 Å². The van der Waals surface area contributed by atoms with Gasteiger partial charge in [0, 0.05) is 25.7 Å². The maximum atomic E-state index is 12.3. The number of piperidine rings is 1. The second kappa shape index (κ2) is 6.03. The van der Waals surface area contributed by atoms with E-state index in [1.54, 1.807) is 0 Å². The minimum atomic E-state index is -0.884. The van der Waals surface area contributed by atoms with Crippen LogP contribution in [0.3, 0.4) is 0 Å². The summed E-state index contributed by atoms with van der Waals surface area (Å²) in [5.74, 6) is -0.000917. The summed E-state index contributed by atoms with van der Waals surface area (Å²) in [6.07, 6.45) is 2.50. The second-order valence-electron chi connectivity index (χ2n) is 6.72. The van der Waals surface area contributed by atoms with Crippen LogP contribution in [0, 0.1) is 5.41 Å². The van der Waals surface area contributed by atoms with Crippen LogP contribution in [-0.2, 0) is 11.3 Å². The number of benzene rings is 1. The SMILES string of the molecule is C[C@@]1(C(=O)NC2CCN(Cc3ccccc3)CC2)CC1(Cl)Cl. The number of hydrogen-bond donors (Lipinski definition) is 1. The van der Waals surface area contributed by atoms with Gasteiger partial charge >= 0.3 is 0 Å². The Morgan fingerprint density at radius 1 is 1.27 bits per heavy atom. The number of carbonyl (C=O) groups excluding carboxylic acids is 1. The van der Waals surface area contributed by atoms with Gasteiger partial charge in [0.25, 0.3) is 0 Å². The molecule has 1 aliphatic carbocycles. The van der Waals surface area contributed by atoms with E-state index in [9.17, 15) is 4.79 Å². The maximum absolute atomic E-state index is 12.3. The first-order chi connectivity index (χ1) is 10.4. The topological polar surface area (TPSA) is 32.3 Å². The van der Waals surface area contributed by atoms with Gasteiger partial charge in [-0.3, -0.25) is 9.69 Å². The van der Waals surface area contributed by atoms with E-state index >= 15 is 0 Å². The fraction of sp³-hybridized carbons (Fsp3) is 0.588. The van der Waals surface area contributed by atoms with Crippen molar-refractivity contribution in [2.24, 2.45) is 5.41 Å². The maximum Gasteiger partial charge on any atom is 0.229 e. The van der Waals surface area contributed by atoms with Crippen molar-refractivity contribution in [3.63, 3.8) is 0 Å². The number of nitrogens with zero attached hydrogens (tertiary/aromatic N) is 1. The summed E-state index contributed by atoms with van der Waals surface area (Å²) >= 11 is 12.1. The Bertz CT molecular complexity index is 541. The molecule has 3 nitrogen and oxygen atoms in total. The van der Waals surface area contributed by atoms with Crippen LogP contribution in [-0.4, -0.2) is 34.3 Å². The lowest BCUT2D eigenvalue weighted by Crippen LogP contribution is -2.46. The molecular formula is C17H22Cl2N2O.